The Morgan fingerprint density at radius 1 is 1.85 bits per heavy atom. The fourth-order valence-electron chi connectivity index (χ4n) is 1.23. The summed E-state index contributed by atoms with van der Waals surface area (Å²) in [5.74, 6) is -0.891. The molecule has 0 aromatic carbocycles. The Labute approximate surface area is 76.4 Å². The molecular formula is C8H13N3O2. The molecule has 0 radical (unpaired) electrons. The fourth-order valence-corrected chi connectivity index (χ4v) is 1.23. The van der Waals surface area contributed by atoms with E-state index in [1.165, 1.54) is 0 Å². The molecular weight excluding hydrogens is 170 g/mol. The van der Waals surface area contributed by atoms with Crippen LogP contribution in [-0.2, 0) is 11.3 Å². The van der Waals surface area contributed by atoms with Crippen molar-refractivity contribution in [2.24, 2.45) is 0 Å². The molecule has 1 atom stereocenters. The standard InChI is InChI=1S/C8H13N3O2/c1-3-11-5-10-4-6(11)7(9-2)8(12)13/h4-5,7,9H,3H2,1-2H3,(H,12,13). The van der Waals surface area contributed by atoms with Crippen LogP contribution >= 0.6 is 0 Å². The van der Waals surface area contributed by atoms with E-state index in [9.17, 15) is 4.79 Å². The van der Waals surface area contributed by atoms with Crippen LogP contribution in [0.4, 0.5) is 0 Å². The number of carboxylic acid groups (broad SMARTS) is 1. The van der Waals surface area contributed by atoms with Crippen LogP contribution < -0.4 is 5.32 Å². The third-order valence-corrected chi connectivity index (χ3v) is 1.92. The van der Waals surface area contributed by atoms with Gasteiger partial charge in [-0.25, -0.2) is 4.98 Å². The second-order valence-electron chi connectivity index (χ2n) is 2.66. The van der Waals surface area contributed by atoms with E-state index in [0.717, 1.165) is 6.54 Å². The molecule has 1 aromatic rings. The SMILES string of the molecule is CCn1cncc1C(NC)C(=O)O. The second kappa shape index (κ2) is 4.04. The molecule has 0 bridgehead atoms. The number of likely N-dealkylation sites (N-methyl/N-ethyl adjacent to an activating group) is 1. The summed E-state index contributed by atoms with van der Waals surface area (Å²) in [5, 5.41) is 11.6. The van der Waals surface area contributed by atoms with Crippen molar-refractivity contribution in [1.82, 2.24) is 14.9 Å². The van der Waals surface area contributed by atoms with Gasteiger partial charge in [0, 0.05) is 6.54 Å². The highest BCUT2D eigenvalue weighted by Gasteiger charge is 2.20. The molecule has 1 unspecified atom stereocenters. The third-order valence-electron chi connectivity index (χ3n) is 1.92. The second-order valence-corrected chi connectivity index (χ2v) is 2.66. The molecule has 2 N–H and O–H groups in total. The molecule has 0 aliphatic carbocycles. The monoisotopic (exact) mass is 183 g/mol. The minimum Gasteiger partial charge on any atom is -0.480 e. The maximum atomic E-state index is 10.8. The van der Waals surface area contributed by atoms with E-state index in [1.54, 1.807) is 24.1 Å². The third kappa shape index (κ3) is 1.86. The molecule has 5 heteroatoms. The van der Waals surface area contributed by atoms with Gasteiger partial charge in [0.2, 0.25) is 0 Å². The molecule has 0 aliphatic rings. The van der Waals surface area contributed by atoms with E-state index in [-0.39, 0.29) is 0 Å². The number of carboxylic acids is 1. The highest BCUT2D eigenvalue weighted by molar-refractivity contribution is 5.74. The van der Waals surface area contributed by atoms with Gasteiger partial charge in [0.25, 0.3) is 0 Å². The lowest BCUT2D eigenvalue weighted by molar-refractivity contribution is -0.139. The highest BCUT2D eigenvalue weighted by atomic mass is 16.4. The number of imidazole rings is 1. The molecule has 0 amide bonds. The first-order valence-corrected chi connectivity index (χ1v) is 4.10. The molecule has 1 heterocycles. The van der Waals surface area contributed by atoms with Gasteiger partial charge >= 0.3 is 5.97 Å². The van der Waals surface area contributed by atoms with Crippen LogP contribution in [0.2, 0.25) is 0 Å². The van der Waals surface area contributed by atoms with E-state index in [0.29, 0.717) is 5.69 Å². The van der Waals surface area contributed by atoms with Gasteiger partial charge in [-0.2, -0.15) is 0 Å². The molecule has 5 nitrogen and oxygen atoms in total. The summed E-state index contributed by atoms with van der Waals surface area (Å²) in [5.41, 5.74) is 0.678. The van der Waals surface area contributed by atoms with Crippen LogP contribution in [0.15, 0.2) is 12.5 Å². The molecule has 0 saturated carbocycles. The number of hydrogen-bond acceptors (Lipinski definition) is 3. The number of aliphatic carboxylic acids is 1. The minimum atomic E-state index is -0.891. The van der Waals surface area contributed by atoms with Crippen LogP contribution in [0.25, 0.3) is 0 Å². The van der Waals surface area contributed by atoms with Gasteiger partial charge in [0.15, 0.2) is 0 Å². The van der Waals surface area contributed by atoms with E-state index < -0.39 is 12.0 Å². The summed E-state index contributed by atoms with van der Waals surface area (Å²) in [4.78, 5) is 14.7. The zero-order valence-electron chi connectivity index (χ0n) is 7.69. The number of aryl methyl sites for hydroxylation is 1. The van der Waals surface area contributed by atoms with E-state index in [1.807, 2.05) is 6.92 Å². The quantitative estimate of drug-likeness (QED) is 0.702. The van der Waals surface area contributed by atoms with Gasteiger partial charge in [-0.15, -0.1) is 0 Å². The van der Waals surface area contributed by atoms with E-state index >= 15 is 0 Å². The summed E-state index contributed by atoms with van der Waals surface area (Å²) in [6, 6.07) is -0.678. The molecule has 0 fully saturated rings. The van der Waals surface area contributed by atoms with Gasteiger partial charge < -0.3 is 15.0 Å². The Morgan fingerprint density at radius 3 is 3.00 bits per heavy atom. The Balaban J connectivity index is 2.96. The fraction of sp³-hybridized carbons (Fsp3) is 0.500. The predicted molar refractivity (Wildman–Crippen MR) is 47.3 cm³/mol. The average Bonchev–Trinajstić information content (AvgIpc) is 2.53. The van der Waals surface area contributed by atoms with Crippen LogP contribution in [0.3, 0.4) is 0 Å². The van der Waals surface area contributed by atoms with Gasteiger partial charge in [-0.05, 0) is 14.0 Å². The smallest absolute Gasteiger partial charge is 0.326 e. The van der Waals surface area contributed by atoms with Gasteiger partial charge in [0.05, 0.1) is 18.2 Å². The van der Waals surface area contributed by atoms with Crippen LogP contribution in [0, 0.1) is 0 Å². The van der Waals surface area contributed by atoms with Crippen LogP contribution in [0.1, 0.15) is 18.7 Å². The molecule has 0 spiro atoms. The van der Waals surface area contributed by atoms with E-state index in [2.05, 4.69) is 10.3 Å². The summed E-state index contributed by atoms with van der Waals surface area (Å²) in [6.45, 7) is 2.67. The van der Waals surface area contributed by atoms with Gasteiger partial charge in [-0.1, -0.05) is 0 Å². The maximum Gasteiger partial charge on any atom is 0.326 e. The van der Waals surface area contributed by atoms with Crippen molar-refractivity contribution in [3.63, 3.8) is 0 Å². The molecule has 72 valence electrons. The minimum absolute atomic E-state index is 0.678. The number of nitrogens with one attached hydrogen (secondary N) is 1. The van der Waals surface area contributed by atoms with Crippen molar-refractivity contribution >= 4 is 5.97 Å². The zero-order valence-corrected chi connectivity index (χ0v) is 7.69. The van der Waals surface area contributed by atoms with Crippen LogP contribution in [-0.4, -0.2) is 27.7 Å². The van der Waals surface area contributed by atoms with Gasteiger partial charge in [0.1, 0.15) is 6.04 Å². The summed E-state index contributed by atoms with van der Waals surface area (Å²) >= 11 is 0. The molecule has 0 saturated heterocycles. The first-order chi connectivity index (χ1) is 6.20. The largest absolute Gasteiger partial charge is 0.480 e. The number of carbonyl (C=O) groups is 1. The number of nitrogens with zero attached hydrogens (tertiary/aromatic N) is 2. The predicted octanol–water partition coefficient (Wildman–Crippen LogP) is 0.248. The Bertz CT molecular complexity index is 295. The van der Waals surface area contributed by atoms with E-state index in [4.69, 9.17) is 5.11 Å². The molecule has 1 rings (SSSR count). The summed E-state index contributed by atoms with van der Waals surface area (Å²) in [6.07, 6.45) is 3.20. The first-order valence-electron chi connectivity index (χ1n) is 4.10. The lowest BCUT2D eigenvalue weighted by Crippen LogP contribution is -2.27. The Morgan fingerprint density at radius 2 is 2.54 bits per heavy atom. The van der Waals surface area contributed by atoms with Crippen molar-refractivity contribution in [3.8, 4) is 0 Å². The normalized spacial score (nSPS) is 12.8. The van der Waals surface area contributed by atoms with Crippen molar-refractivity contribution < 1.29 is 9.90 Å². The Kier molecular flexibility index (Phi) is 3.02. The number of hydrogen-bond donors (Lipinski definition) is 2. The average molecular weight is 183 g/mol. The lowest BCUT2D eigenvalue weighted by atomic mass is 10.2. The Hall–Kier alpha value is -1.36. The van der Waals surface area contributed by atoms with Crippen LogP contribution in [0.5, 0.6) is 0 Å². The maximum absolute atomic E-state index is 10.8. The number of aromatic nitrogens is 2. The van der Waals surface area contributed by atoms with Crippen molar-refractivity contribution in [1.29, 1.82) is 0 Å². The molecule has 1 aromatic heterocycles. The highest BCUT2D eigenvalue weighted by Crippen LogP contribution is 2.11. The lowest BCUT2D eigenvalue weighted by Gasteiger charge is -2.12. The zero-order chi connectivity index (χ0) is 9.84. The topological polar surface area (TPSA) is 67.2 Å². The van der Waals surface area contributed by atoms with Crippen molar-refractivity contribution in [3.05, 3.63) is 18.2 Å². The van der Waals surface area contributed by atoms with Gasteiger partial charge in [-0.3, -0.25) is 4.79 Å². The molecule has 13 heavy (non-hydrogen) atoms. The summed E-state index contributed by atoms with van der Waals surface area (Å²) in [7, 11) is 1.62. The summed E-state index contributed by atoms with van der Waals surface area (Å²) < 4.78 is 1.80. The van der Waals surface area contributed by atoms with Crippen molar-refractivity contribution in [2.45, 2.75) is 19.5 Å². The number of rotatable bonds is 4. The first kappa shape index (κ1) is 9.73. The molecule has 0 aliphatic heterocycles. The van der Waals surface area contributed by atoms with Crippen molar-refractivity contribution in [2.75, 3.05) is 7.05 Å².